The highest BCUT2D eigenvalue weighted by molar-refractivity contribution is 7.86. The standard InChI is InChI=1S/C13H18O5S/c1-10-5-7-11(8-6-10)19(15,16)17-9-12(14)18-13(2,3)4/h5-8H,9H2,1-4H3. The Morgan fingerprint density at radius 2 is 1.68 bits per heavy atom. The monoisotopic (exact) mass is 286 g/mol. The predicted molar refractivity (Wildman–Crippen MR) is 70.2 cm³/mol. The fourth-order valence-corrected chi connectivity index (χ4v) is 2.13. The molecule has 1 rings (SSSR count). The average Bonchev–Trinajstić information content (AvgIpc) is 2.25. The highest BCUT2D eigenvalue weighted by Crippen LogP contribution is 2.14. The maximum atomic E-state index is 11.8. The van der Waals surface area contributed by atoms with Crippen molar-refractivity contribution in [1.29, 1.82) is 0 Å². The number of esters is 1. The zero-order valence-corrected chi connectivity index (χ0v) is 12.3. The van der Waals surface area contributed by atoms with Crippen LogP contribution in [0.5, 0.6) is 0 Å². The first-order valence-corrected chi connectivity index (χ1v) is 7.19. The van der Waals surface area contributed by atoms with Crippen molar-refractivity contribution in [2.24, 2.45) is 0 Å². The van der Waals surface area contributed by atoms with Gasteiger partial charge in [-0.05, 0) is 39.8 Å². The molecule has 5 nitrogen and oxygen atoms in total. The predicted octanol–water partition coefficient (Wildman–Crippen LogP) is 2.04. The molecule has 6 heteroatoms. The van der Waals surface area contributed by atoms with E-state index in [1.165, 1.54) is 12.1 Å². The summed E-state index contributed by atoms with van der Waals surface area (Å²) < 4.78 is 33.2. The molecule has 0 aromatic heterocycles. The van der Waals surface area contributed by atoms with E-state index in [1.807, 2.05) is 6.92 Å². The lowest BCUT2D eigenvalue weighted by atomic mass is 10.2. The van der Waals surface area contributed by atoms with E-state index in [9.17, 15) is 13.2 Å². The number of hydrogen-bond acceptors (Lipinski definition) is 5. The Morgan fingerprint density at radius 1 is 1.16 bits per heavy atom. The quantitative estimate of drug-likeness (QED) is 0.626. The van der Waals surface area contributed by atoms with Crippen molar-refractivity contribution in [3.8, 4) is 0 Å². The lowest BCUT2D eigenvalue weighted by Crippen LogP contribution is -2.27. The maximum Gasteiger partial charge on any atom is 0.334 e. The topological polar surface area (TPSA) is 69.7 Å². The number of carbonyl (C=O) groups excluding carboxylic acids is 1. The first-order valence-electron chi connectivity index (χ1n) is 5.78. The van der Waals surface area contributed by atoms with E-state index in [-0.39, 0.29) is 4.90 Å². The third kappa shape index (κ3) is 5.40. The van der Waals surface area contributed by atoms with Crippen LogP contribution >= 0.6 is 0 Å². The highest BCUT2D eigenvalue weighted by atomic mass is 32.2. The van der Waals surface area contributed by atoms with Gasteiger partial charge in [-0.15, -0.1) is 0 Å². The van der Waals surface area contributed by atoms with Crippen molar-refractivity contribution in [3.05, 3.63) is 29.8 Å². The summed E-state index contributed by atoms with van der Waals surface area (Å²) >= 11 is 0. The van der Waals surface area contributed by atoms with E-state index in [0.717, 1.165) is 5.56 Å². The number of aryl methyl sites for hydroxylation is 1. The van der Waals surface area contributed by atoms with Crippen molar-refractivity contribution in [2.45, 2.75) is 38.2 Å². The molecule has 0 saturated heterocycles. The van der Waals surface area contributed by atoms with Gasteiger partial charge in [0.1, 0.15) is 5.60 Å². The molecular formula is C13H18O5S. The molecule has 0 N–H and O–H groups in total. The maximum absolute atomic E-state index is 11.8. The summed E-state index contributed by atoms with van der Waals surface area (Å²) in [5.41, 5.74) is 0.264. The van der Waals surface area contributed by atoms with E-state index < -0.39 is 28.3 Å². The second-order valence-corrected chi connectivity index (χ2v) is 6.73. The largest absolute Gasteiger partial charge is 0.458 e. The van der Waals surface area contributed by atoms with Crippen LogP contribution in [0.25, 0.3) is 0 Å². The molecule has 106 valence electrons. The van der Waals surface area contributed by atoms with Gasteiger partial charge in [-0.3, -0.25) is 4.18 Å². The SMILES string of the molecule is Cc1ccc(S(=O)(=O)OCC(=O)OC(C)(C)C)cc1. The van der Waals surface area contributed by atoms with Crippen molar-refractivity contribution >= 4 is 16.1 Å². The molecule has 0 spiro atoms. The minimum Gasteiger partial charge on any atom is -0.458 e. The van der Waals surface area contributed by atoms with Crippen LogP contribution in [0.3, 0.4) is 0 Å². The molecule has 0 saturated carbocycles. The molecule has 1 aromatic rings. The third-order valence-electron chi connectivity index (χ3n) is 2.06. The molecule has 0 bridgehead atoms. The summed E-state index contributed by atoms with van der Waals surface area (Å²) in [6, 6.07) is 6.17. The van der Waals surface area contributed by atoms with Crippen LogP contribution in [0.2, 0.25) is 0 Å². The molecule has 0 radical (unpaired) electrons. The minimum absolute atomic E-state index is 0.0154. The Balaban J connectivity index is 2.66. The summed E-state index contributed by atoms with van der Waals surface area (Å²) in [7, 11) is -3.93. The molecule has 1 aromatic carbocycles. The summed E-state index contributed by atoms with van der Waals surface area (Å²) in [6.07, 6.45) is 0. The Hall–Kier alpha value is -1.40. The Morgan fingerprint density at radius 3 is 2.16 bits per heavy atom. The fourth-order valence-electron chi connectivity index (χ4n) is 1.27. The zero-order valence-electron chi connectivity index (χ0n) is 11.5. The van der Waals surface area contributed by atoms with Crippen LogP contribution in [-0.4, -0.2) is 26.6 Å². The van der Waals surface area contributed by atoms with Gasteiger partial charge < -0.3 is 4.74 Å². The number of hydrogen-bond donors (Lipinski definition) is 0. The molecule has 0 amide bonds. The first kappa shape index (κ1) is 15.7. The van der Waals surface area contributed by atoms with Crippen LogP contribution in [0.4, 0.5) is 0 Å². The molecule has 0 aliphatic carbocycles. The third-order valence-corrected chi connectivity index (χ3v) is 3.34. The fraction of sp³-hybridized carbons (Fsp3) is 0.462. The molecule has 0 heterocycles. The molecule has 0 aliphatic rings. The van der Waals surface area contributed by atoms with E-state index >= 15 is 0 Å². The second-order valence-electron chi connectivity index (χ2n) is 5.12. The number of benzene rings is 1. The van der Waals surface area contributed by atoms with Gasteiger partial charge in [-0.2, -0.15) is 8.42 Å². The molecule has 19 heavy (non-hydrogen) atoms. The zero-order chi connectivity index (χ0) is 14.7. The van der Waals surface area contributed by atoms with Gasteiger partial charge >= 0.3 is 5.97 Å². The van der Waals surface area contributed by atoms with Crippen LogP contribution in [-0.2, 0) is 23.8 Å². The van der Waals surface area contributed by atoms with Gasteiger partial charge in [0.15, 0.2) is 6.61 Å². The summed E-state index contributed by atoms with van der Waals surface area (Å²) in [4.78, 5) is 11.4. The van der Waals surface area contributed by atoms with Gasteiger partial charge in [0.25, 0.3) is 10.1 Å². The summed E-state index contributed by atoms with van der Waals surface area (Å²) in [6.45, 7) is 6.30. The Kier molecular flexibility index (Phi) is 4.70. The smallest absolute Gasteiger partial charge is 0.334 e. The lowest BCUT2D eigenvalue weighted by molar-refractivity contribution is -0.157. The van der Waals surface area contributed by atoms with Gasteiger partial charge in [0.05, 0.1) is 4.90 Å². The molecule has 0 aliphatic heterocycles. The minimum atomic E-state index is -3.93. The number of rotatable bonds is 4. The lowest BCUT2D eigenvalue weighted by Gasteiger charge is -2.19. The van der Waals surface area contributed by atoms with Crippen molar-refractivity contribution in [3.63, 3.8) is 0 Å². The molecule has 0 unspecified atom stereocenters. The van der Waals surface area contributed by atoms with Gasteiger partial charge in [0.2, 0.25) is 0 Å². The van der Waals surface area contributed by atoms with E-state index in [4.69, 9.17) is 4.74 Å². The van der Waals surface area contributed by atoms with Crippen molar-refractivity contribution in [1.82, 2.24) is 0 Å². The van der Waals surface area contributed by atoms with E-state index in [0.29, 0.717) is 0 Å². The van der Waals surface area contributed by atoms with Crippen LogP contribution in [0.1, 0.15) is 26.3 Å². The number of carbonyl (C=O) groups is 1. The Labute approximate surface area is 113 Å². The molecule has 0 fully saturated rings. The van der Waals surface area contributed by atoms with Crippen LogP contribution in [0, 0.1) is 6.92 Å². The van der Waals surface area contributed by atoms with Gasteiger partial charge in [-0.25, -0.2) is 4.79 Å². The van der Waals surface area contributed by atoms with Crippen molar-refractivity contribution in [2.75, 3.05) is 6.61 Å². The second kappa shape index (κ2) is 5.71. The first-order chi connectivity index (χ1) is 8.60. The van der Waals surface area contributed by atoms with Crippen LogP contribution in [0.15, 0.2) is 29.2 Å². The van der Waals surface area contributed by atoms with E-state index in [1.54, 1.807) is 32.9 Å². The van der Waals surface area contributed by atoms with Gasteiger partial charge in [-0.1, -0.05) is 17.7 Å². The Bertz CT molecular complexity index is 537. The highest BCUT2D eigenvalue weighted by Gasteiger charge is 2.21. The molecule has 0 atom stereocenters. The summed E-state index contributed by atoms with van der Waals surface area (Å²) in [5.74, 6) is -0.719. The van der Waals surface area contributed by atoms with Crippen molar-refractivity contribution < 1.29 is 22.1 Å². The summed E-state index contributed by atoms with van der Waals surface area (Å²) in [5, 5.41) is 0. The van der Waals surface area contributed by atoms with E-state index in [2.05, 4.69) is 4.18 Å². The normalized spacial score (nSPS) is 12.2. The van der Waals surface area contributed by atoms with Gasteiger partial charge in [0, 0.05) is 0 Å². The average molecular weight is 286 g/mol. The van der Waals surface area contributed by atoms with Crippen LogP contribution < -0.4 is 0 Å². The number of ether oxygens (including phenoxy) is 1. The molecular weight excluding hydrogens is 268 g/mol.